The molecule has 2 N–H and O–H groups in total. The lowest BCUT2D eigenvalue weighted by Crippen LogP contribution is -1.98. The van der Waals surface area contributed by atoms with Gasteiger partial charge in [-0.1, -0.05) is 24.3 Å². The standard InChI is InChI=1S/C14H14FNO/c1-17-14-7-6-10(9-16)8-12(14)11-4-2-3-5-13(11)15/h2-8H,9,16H2,1H3. The van der Waals surface area contributed by atoms with Gasteiger partial charge in [0.2, 0.25) is 0 Å². The second-order valence-corrected chi connectivity index (χ2v) is 3.72. The number of rotatable bonds is 3. The van der Waals surface area contributed by atoms with E-state index in [4.69, 9.17) is 10.5 Å². The van der Waals surface area contributed by atoms with Gasteiger partial charge in [-0.15, -0.1) is 0 Å². The fourth-order valence-electron chi connectivity index (χ4n) is 1.77. The van der Waals surface area contributed by atoms with Crippen LogP contribution in [-0.2, 0) is 6.54 Å². The Kier molecular flexibility index (Phi) is 3.40. The normalized spacial score (nSPS) is 10.3. The summed E-state index contributed by atoms with van der Waals surface area (Å²) < 4.78 is 19.0. The van der Waals surface area contributed by atoms with E-state index in [0.717, 1.165) is 11.1 Å². The number of hydrogen-bond donors (Lipinski definition) is 1. The van der Waals surface area contributed by atoms with E-state index in [1.165, 1.54) is 6.07 Å². The third-order valence-corrected chi connectivity index (χ3v) is 2.66. The highest BCUT2D eigenvalue weighted by molar-refractivity contribution is 5.71. The third-order valence-electron chi connectivity index (χ3n) is 2.66. The first-order chi connectivity index (χ1) is 8.26. The molecule has 0 heterocycles. The van der Waals surface area contributed by atoms with Gasteiger partial charge in [-0.05, 0) is 23.8 Å². The molecular weight excluding hydrogens is 217 g/mol. The highest BCUT2D eigenvalue weighted by atomic mass is 19.1. The lowest BCUT2D eigenvalue weighted by molar-refractivity contribution is 0.416. The van der Waals surface area contributed by atoms with E-state index >= 15 is 0 Å². The second kappa shape index (κ2) is 4.97. The minimum absolute atomic E-state index is 0.264. The zero-order valence-electron chi connectivity index (χ0n) is 9.61. The zero-order chi connectivity index (χ0) is 12.3. The predicted molar refractivity (Wildman–Crippen MR) is 66.3 cm³/mol. The second-order valence-electron chi connectivity index (χ2n) is 3.72. The van der Waals surface area contributed by atoms with Crippen molar-refractivity contribution in [2.45, 2.75) is 6.54 Å². The van der Waals surface area contributed by atoms with Crippen molar-refractivity contribution in [2.75, 3.05) is 7.11 Å². The Bertz CT molecular complexity index is 525. The van der Waals surface area contributed by atoms with Crippen LogP contribution in [-0.4, -0.2) is 7.11 Å². The Labute approximate surface area is 99.8 Å². The topological polar surface area (TPSA) is 35.2 Å². The molecule has 0 spiro atoms. The van der Waals surface area contributed by atoms with Crippen molar-refractivity contribution < 1.29 is 9.13 Å². The van der Waals surface area contributed by atoms with Crippen molar-refractivity contribution in [1.29, 1.82) is 0 Å². The minimum atomic E-state index is -0.264. The first-order valence-corrected chi connectivity index (χ1v) is 5.38. The first kappa shape index (κ1) is 11.6. The lowest BCUT2D eigenvalue weighted by atomic mass is 10.0. The van der Waals surface area contributed by atoms with Gasteiger partial charge < -0.3 is 10.5 Å². The Hall–Kier alpha value is -1.87. The molecule has 0 fully saturated rings. The van der Waals surface area contributed by atoms with Gasteiger partial charge in [0.1, 0.15) is 11.6 Å². The average Bonchev–Trinajstić information content (AvgIpc) is 2.38. The highest BCUT2D eigenvalue weighted by Crippen LogP contribution is 2.32. The van der Waals surface area contributed by atoms with Crippen LogP contribution < -0.4 is 10.5 Å². The maximum absolute atomic E-state index is 13.7. The molecular formula is C14H14FNO. The lowest BCUT2D eigenvalue weighted by Gasteiger charge is -2.11. The van der Waals surface area contributed by atoms with E-state index in [1.54, 1.807) is 25.3 Å². The van der Waals surface area contributed by atoms with E-state index in [-0.39, 0.29) is 5.82 Å². The summed E-state index contributed by atoms with van der Waals surface area (Å²) in [5.74, 6) is 0.382. The van der Waals surface area contributed by atoms with Crippen LogP contribution in [0.15, 0.2) is 42.5 Å². The van der Waals surface area contributed by atoms with Crippen molar-refractivity contribution in [3.8, 4) is 16.9 Å². The fraction of sp³-hybridized carbons (Fsp3) is 0.143. The maximum atomic E-state index is 13.7. The summed E-state index contributed by atoms with van der Waals surface area (Å²) in [6, 6.07) is 12.2. The highest BCUT2D eigenvalue weighted by Gasteiger charge is 2.10. The van der Waals surface area contributed by atoms with E-state index in [0.29, 0.717) is 17.9 Å². The van der Waals surface area contributed by atoms with E-state index in [1.807, 2.05) is 18.2 Å². The molecule has 0 aliphatic carbocycles. The molecule has 3 heteroatoms. The van der Waals surface area contributed by atoms with Gasteiger partial charge in [0.25, 0.3) is 0 Å². The predicted octanol–water partition coefficient (Wildman–Crippen LogP) is 2.96. The number of benzene rings is 2. The molecule has 2 nitrogen and oxygen atoms in total. The van der Waals surface area contributed by atoms with Crippen LogP contribution in [0.25, 0.3) is 11.1 Å². The molecule has 0 amide bonds. The smallest absolute Gasteiger partial charge is 0.131 e. The van der Waals surface area contributed by atoms with E-state index < -0.39 is 0 Å². The quantitative estimate of drug-likeness (QED) is 0.881. The maximum Gasteiger partial charge on any atom is 0.131 e. The number of methoxy groups -OCH3 is 1. The molecule has 88 valence electrons. The molecule has 0 saturated carbocycles. The molecule has 0 aromatic heterocycles. The van der Waals surface area contributed by atoms with Crippen molar-refractivity contribution in [2.24, 2.45) is 5.73 Å². The molecule has 2 aromatic carbocycles. The van der Waals surface area contributed by atoms with Gasteiger partial charge >= 0.3 is 0 Å². The van der Waals surface area contributed by atoms with Crippen LogP contribution in [0.4, 0.5) is 4.39 Å². The van der Waals surface area contributed by atoms with Gasteiger partial charge in [0, 0.05) is 17.7 Å². The summed E-state index contributed by atoms with van der Waals surface area (Å²) in [6.07, 6.45) is 0. The van der Waals surface area contributed by atoms with Crippen molar-refractivity contribution in [3.63, 3.8) is 0 Å². The van der Waals surface area contributed by atoms with Crippen molar-refractivity contribution in [1.82, 2.24) is 0 Å². The van der Waals surface area contributed by atoms with Gasteiger partial charge in [0.15, 0.2) is 0 Å². The van der Waals surface area contributed by atoms with E-state index in [9.17, 15) is 4.39 Å². The van der Waals surface area contributed by atoms with Crippen LogP contribution in [0.2, 0.25) is 0 Å². The van der Waals surface area contributed by atoms with Crippen molar-refractivity contribution >= 4 is 0 Å². The summed E-state index contributed by atoms with van der Waals surface area (Å²) in [4.78, 5) is 0. The summed E-state index contributed by atoms with van der Waals surface area (Å²) in [5.41, 5.74) is 7.80. The number of nitrogens with two attached hydrogens (primary N) is 1. The number of ether oxygens (including phenoxy) is 1. The molecule has 0 atom stereocenters. The number of halogens is 1. The SMILES string of the molecule is COc1ccc(CN)cc1-c1ccccc1F. The monoisotopic (exact) mass is 231 g/mol. The van der Waals surface area contributed by atoms with Crippen LogP contribution in [0.3, 0.4) is 0 Å². The van der Waals surface area contributed by atoms with Gasteiger partial charge in [-0.3, -0.25) is 0 Å². The zero-order valence-corrected chi connectivity index (χ0v) is 9.61. The Morgan fingerprint density at radius 2 is 1.88 bits per heavy atom. The molecule has 0 unspecified atom stereocenters. The molecule has 2 rings (SSSR count). The summed E-state index contributed by atoms with van der Waals surface area (Å²) in [6.45, 7) is 0.422. The van der Waals surface area contributed by atoms with Gasteiger partial charge in [-0.2, -0.15) is 0 Å². The van der Waals surface area contributed by atoms with Crippen LogP contribution in [0.1, 0.15) is 5.56 Å². The molecule has 17 heavy (non-hydrogen) atoms. The van der Waals surface area contributed by atoms with Gasteiger partial charge in [-0.25, -0.2) is 4.39 Å². The summed E-state index contributed by atoms with van der Waals surface area (Å²) >= 11 is 0. The number of hydrogen-bond acceptors (Lipinski definition) is 2. The summed E-state index contributed by atoms with van der Waals surface area (Å²) in [5, 5.41) is 0. The molecule has 2 aromatic rings. The van der Waals surface area contributed by atoms with E-state index in [2.05, 4.69) is 0 Å². The third kappa shape index (κ3) is 2.29. The largest absolute Gasteiger partial charge is 0.496 e. The van der Waals surface area contributed by atoms with Crippen LogP contribution in [0, 0.1) is 5.82 Å². The molecule has 0 bridgehead atoms. The molecule has 0 saturated heterocycles. The molecule has 0 radical (unpaired) electrons. The average molecular weight is 231 g/mol. The fourth-order valence-corrected chi connectivity index (χ4v) is 1.77. The van der Waals surface area contributed by atoms with Crippen LogP contribution >= 0.6 is 0 Å². The molecule has 0 aliphatic heterocycles. The Morgan fingerprint density at radius 3 is 2.53 bits per heavy atom. The van der Waals surface area contributed by atoms with Crippen molar-refractivity contribution in [3.05, 3.63) is 53.8 Å². The first-order valence-electron chi connectivity index (χ1n) is 5.38. The summed E-state index contributed by atoms with van der Waals surface area (Å²) in [7, 11) is 1.57. The van der Waals surface area contributed by atoms with Crippen LogP contribution in [0.5, 0.6) is 5.75 Å². The van der Waals surface area contributed by atoms with Gasteiger partial charge in [0.05, 0.1) is 7.11 Å². The Balaban J connectivity index is 2.60. The minimum Gasteiger partial charge on any atom is -0.496 e. The molecule has 0 aliphatic rings. The Morgan fingerprint density at radius 1 is 1.12 bits per heavy atom.